The van der Waals surface area contributed by atoms with Gasteiger partial charge in [0.2, 0.25) is 0 Å². The van der Waals surface area contributed by atoms with Gasteiger partial charge in [-0.2, -0.15) is 0 Å². The lowest BCUT2D eigenvalue weighted by molar-refractivity contribution is 0.0263. The van der Waals surface area contributed by atoms with Crippen molar-refractivity contribution in [2.24, 2.45) is 0 Å². The van der Waals surface area contributed by atoms with Gasteiger partial charge in [-0.15, -0.1) is 0 Å². The molecule has 0 spiro atoms. The number of rotatable bonds is 6. The first-order valence-corrected chi connectivity index (χ1v) is 13.1. The number of hydrogen-bond donors (Lipinski definition) is 0. The first-order valence-electron chi connectivity index (χ1n) is 13.1. The summed E-state index contributed by atoms with van der Waals surface area (Å²) < 4.78 is 5.56. The highest BCUT2D eigenvalue weighted by molar-refractivity contribution is 5.94. The van der Waals surface area contributed by atoms with Crippen LogP contribution in [0.5, 0.6) is 0 Å². The molecule has 0 unspecified atom stereocenters. The second kappa shape index (κ2) is 9.93. The topological polar surface area (TPSA) is 84.3 Å². The molecule has 1 aliphatic carbocycles. The Morgan fingerprint density at radius 3 is 2.36 bits per heavy atom. The highest BCUT2D eigenvalue weighted by atomic mass is 16.5. The van der Waals surface area contributed by atoms with Gasteiger partial charge in [0.1, 0.15) is 11.5 Å². The minimum absolute atomic E-state index is 0.0172. The van der Waals surface area contributed by atoms with Crippen molar-refractivity contribution >= 4 is 34.9 Å². The van der Waals surface area contributed by atoms with Crippen LogP contribution in [0, 0.1) is 6.92 Å². The summed E-state index contributed by atoms with van der Waals surface area (Å²) in [6.07, 6.45) is 9.96. The molecule has 0 bridgehead atoms. The highest BCUT2D eigenvalue weighted by Crippen LogP contribution is 2.33. The summed E-state index contributed by atoms with van der Waals surface area (Å²) in [6, 6.07) is 10.3. The molecule has 6 rings (SSSR count). The van der Waals surface area contributed by atoms with E-state index < -0.39 is 0 Å². The van der Waals surface area contributed by atoms with Crippen LogP contribution in [0.25, 0.3) is 23.2 Å². The normalized spacial score (nSPS) is 18.9. The van der Waals surface area contributed by atoms with Gasteiger partial charge in [0.15, 0.2) is 5.82 Å². The first kappa shape index (κ1) is 23.0. The van der Waals surface area contributed by atoms with Crippen LogP contribution in [0.15, 0.2) is 30.3 Å². The second-order valence-corrected chi connectivity index (χ2v) is 9.97. The van der Waals surface area contributed by atoms with Gasteiger partial charge >= 0.3 is 0 Å². The first-order chi connectivity index (χ1) is 17.7. The molecular weight excluding hydrogens is 452 g/mol. The fourth-order valence-electron chi connectivity index (χ4n) is 5.24. The number of carbonyl (C=O) groups excluding carboxylic acids is 1. The molecule has 1 amide bonds. The van der Waals surface area contributed by atoms with Crippen molar-refractivity contribution in [3.8, 4) is 0 Å². The van der Waals surface area contributed by atoms with Crippen molar-refractivity contribution < 1.29 is 9.53 Å². The highest BCUT2D eigenvalue weighted by Gasteiger charge is 2.39. The van der Waals surface area contributed by atoms with Crippen LogP contribution in [0.4, 0.5) is 5.82 Å². The van der Waals surface area contributed by atoms with E-state index >= 15 is 0 Å². The Bertz CT molecular complexity index is 1290. The van der Waals surface area contributed by atoms with Crippen LogP contribution in [-0.2, 0) is 4.74 Å². The minimum atomic E-state index is 0.0172. The predicted molar refractivity (Wildman–Crippen MR) is 140 cm³/mol. The van der Waals surface area contributed by atoms with Crippen molar-refractivity contribution in [3.63, 3.8) is 0 Å². The van der Waals surface area contributed by atoms with E-state index in [-0.39, 0.29) is 11.9 Å². The summed E-state index contributed by atoms with van der Waals surface area (Å²) in [7, 11) is 0. The molecule has 3 aliphatic rings. The number of aromatic nitrogens is 4. The van der Waals surface area contributed by atoms with Crippen molar-refractivity contribution in [2.75, 3.05) is 31.2 Å². The Labute approximate surface area is 211 Å². The number of amides is 1. The molecule has 3 aromatic rings. The molecule has 0 atom stereocenters. The summed E-state index contributed by atoms with van der Waals surface area (Å²) in [5.74, 6) is 1.37. The largest absolute Gasteiger partial charge is 0.381 e. The van der Waals surface area contributed by atoms with Crippen LogP contribution in [0.1, 0.15) is 66.2 Å². The van der Waals surface area contributed by atoms with Crippen LogP contribution in [-0.4, -0.2) is 69.1 Å². The Balaban J connectivity index is 1.34. The zero-order valence-electron chi connectivity index (χ0n) is 20.8. The van der Waals surface area contributed by atoms with Gasteiger partial charge in [0.25, 0.3) is 5.91 Å². The van der Waals surface area contributed by atoms with Crippen LogP contribution >= 0.6 is 0 Å². The third-order valence-corrected chi connectivity index (χ3v) is 7.31. The summed E-state index contributed by atoms with van der Waals surface area (Å²) >= 11 is 0. The molecule has 2 aromatic heterocycles. The Hall–Kier alpha value is -3.39. The average Bonchev–Trinajstić information content (AvgIpc) is 3.58. The number of anilines is 1. The fraction of sp³-hybridized carbons (Fsp3) is 0.464. The standard InChI is InChI=1S/C28H32N6O2/c1-19-22(30-24-7-3-2-6-23(24)29-19)10-11-26-31-25(18-27(32-26)33-14-4-5-15-33)28(35)34(20-8-9-20)21-12-16-36-17-13-21/h2-3,6-7,10-11,18,20-21H,4-5,8-9,12-17H2,1H3/b11-10+. The Kier molecular flexibility index (Phi) is 6.35. The molecule has 2 saturated heterocycles. The molecule has 8 nitrogen and oxygen atoms in total. The van der Waals surface area contributed by atoms with E-state index in [2.05, 4.69) is 14.8 Å². The van der Waals surface area contributed by atoms with Gasteiger partial charge in [0, 0.05) is 44.5 Å². The zero-order chi connectivity index (χ0) is 24.5. The van der Waals surface area contributed by atoms with Gasteiger partial charge < -0.3 is 14.5 Å². The van der Waals surface area contributed by atoms with E-state index in [1.807, 2.05) is 49.4 Å². The number of aryl methyl sites for hydroxylation is 1. The lowest BCUT2D eigenvalue weighted by Gasteiger charge is -2.34. The van der Waals surface area contributed by atoms with Crippen molar-refractivity contribution in [1.82, 2.24) is 24.8 Å². The van der Waals surface area contributed by atoms with Gasteiger partial charge in [-0.25, -0.2) is 19.9 Å². The quantitative estimate of drug-likeness (QED) is 0.516. The zero-order valence-corrected chi connectivity index (χ0v) is 20.8. The molecule has 1 aromatic carbocycles. The summed E-state index contributed by atoms with van der Waals surface area (Å²) in [6.45, 7) is 5.29. The van der Waals surface area contributed by atoms with Crippen LogP contribution in [0.2, 0.25) is 0 Å². The lowest BCUT2D eigenvalue weighted by atomic mass is 10.1. The maximum Gasteiger partial charge on any atom is 0.273 e. The van der Waals surface area contributed by atoms with Gasteiger partial charge in [-0.1, -0.05) is 12.1 Å². The maximum absolute atomic E-state index is 13.8. The monoisotopic (exact) mass is 484 g/mol. The van der Waals surface area contributed by atoms with Crippen LogP contribution < -0.4 is 4.90 Å². The van der Waals surface area contributed by atoms with Crippen LogP contribution in [0.3, 0.4) is 0 Å². The summed E-state index contributed by atoms with van der Waals surface area (Å²) in [4.78, 5) is 37.2. The molecule has 186 valence electrons. The van der Waals surface area contributed by atoms with Gasteiger partial charge in [-0.3, -0.25) is 4.79 Å². The van der Waals surface area contributed by atoms with Crippen molar-refractivity contribution in [1.29, 1.82) is 0 Å². The number of fused-ring (bicyclic) bond motifs is 1. The SMILES string of the molecule is Cc1nc2ccccc2nc1/C=C/c1nc(C(=O)N(C2CCOCC2)C2CC2)cc(N2CCCC2)n1. The Morgan fingerprint density at radius 2 is 1.64 bits per heavy atom. The fourth-order valence-corrected chi connectivity index (χ4v) is 5.24. The predicted octanol–water partition coefficient (Wildman–Crippen LogP) is 4.28. The molecule has 8 heteroatoms. The Morgan fingerprint density at radius 1 is 0.944 bits per heavy atom. The molecule has 3 fully saturated rings. The maximum atomic E-state index is 13.8. The summed E-state index contributed by atoms with van der Waals surface area (Å²) in [5.41, 5.74) is 3.82. The summed E-state index contributed by atoms with van der Waals surface area (Å²) in [5, 5.41) is 0. The number of ether oxygens (including phenoxy) is 1. The molecule has 4 heterocycles. The molecule has 0 radical (unpaired) electrons. The van der Waals surface area contributed by atoms with Gasteiger partial charge in [-0.05, 0) is 69.7 Å². The number of hydrogen-bond acceptors (Lipinski definition) is 7. The van der Waals surface area contributed by atoms with Crippen molar-refractivity contribution in [2.45, 2.75) is 57.5 Å². The van der Waals surface area contributed by atoms with E-state index in [4.69, 9.17) is 19.7 Å². The molecule has 2 aliphatic heterocycles. The molecule has 0 N–H and O–H groups in total. The second-order valence-electron chi connectivity index (χ2n) is 9.97. The molecule has 36 heavy (non-hydrogen) atoms. The molecular formula is C28H32N6O2. The number of nitrogens with zero attached hydrogens (tertiary/aromatic N) is 6. The molecule has 1 saturated carbocycles. The van der Waals surface area contributed by atoms with Gasteiger partial charge in [0.05, 0.1) is 22.4 Å². The van der Waals surface area contributed by atoms with E-state index in [0.29, 0.717) is 30.8 Å². The van der Waals surface area contributed by atoms with E-state index in [0.717, 1.165) is 79.9 Å². The number of carbonyl (C=O) groups is 1. The van der Waals surface area contributed by atoms with E-state index in [1.165, 1.54) is 0 Å². The van der Waals surface area contributed by atoms with E-state index in [1.54, 1.807) is 0 Å². The minimum Gasteiger partial charge on any atom is -0.381 e. The third kappa shape index (κ3) is 4.82. The lowest BCUT2D eigenvalue weighted by Crippen LogP contribution is -2.45. The number of benzene rings is 1. The van der Waals surface area contributed by atoms with Crippen molar-refractivity contribution in [3.05, 3.63) is 53.2 Å². The smallest absolute Gasteiger partial charge is 0.273 e. The average molecular weight is 485 g/mol. The number of para-hydroxylation sites is 2. The third-order valence-electron chi connectivity index (χ3n) is 7.31. The van der Waals surface area contributed by atoms with E-state index in [9.17, 15) is 4.79 Å².